The third-order valence-electron chi connectivity index (χ3n) is 3.79. The Morgan fingerprint density at radius 2 is 1.00 bits per heavy atom. The zero-order chi connectivity index (χ0) is 32.4. The van der Waals surface area contributed by atoms with Gasteiger partial charge in [-0.1, -0.05) is 40.9 Å². The fraction of sp³-hybridized carbons (Fsp3) is 0.667. The molecular weight excluding hydrogens is 562 g/mol. The Labute approximate surface area is 228 Å². The molecule has 0 heterocycles. The Morgan fingerprint density at radius 1 is 0.675 bits per heavy atom. The van der Waals surface area contributed by atoms with Gasteiger partial charge < -0.3 is 29.2 Å². The number of carbonyl (C=O) groups is 4. The predicted molar refractivity (Wildman–Crippen MR) is 129 cm³/mol. The van der Waals surface area contributed by atoms with Gasteiger partial charge in [0, 0.05) is 12.2 Å². The van der Waals surface area contributed by atoms with Crippen molar-refractivity contribution >= 4 is 23.9 Å². The number of rotatable bonds is 12. The van der Waals surface area contributed by atoms with Crippen LogP contribution in [0.1, 0.15) is 40.5 Å². The van der Waals surface area contributed by atoms with Crippen molar-refractivity contribution in [3.05, 3.63) is 25.3 Å². The van der Waals surface area contributed by atoms with E-state index in [2.05, 4.69) is 32.1 Å². The average molecular weight is 601 g/mol. The maximum atomic E-state index is 11.5. The second kappa shape index (κ2) is 26.1. The van der Waals surface area contributed by atoms with E-state index in [9.17, 15) is 45.5 Å². The maximum absolute atomic E-state index is 11.5. The van der Waals surface area contributed by atoms with Crippen LogP contribution in [0.15, 0.2) is 25.3 Å². The first-order valence-electron chi connectivity index (χ1n) is 11.6. The molecule has 2 unspecified atom stereocenters. The fourth-order valence-electron chi connectivity index (χ4n) is 1.33. The summed E-state index contributed by atoms with van der Waals surface area (Å²) in [6, 6.07) is 0. The molecule has 2 N–H and O–H groups in total. The summed E-state index contributed by atoms with van der Waals surface area (Å²) < 4.78 is 84.9. The first kappa shape index (κ1) is 43.9. The van der Waals surface area contributed by atoms with Crippen LogP contribution in [0.4, 0.5) is 26.3 Å². The summed E-state index contributed by atoms with van der Waals surface area (Å²) in [5.41, 5.74) is 0. The number of aliphatic hydroxyl groups is 2. The Balaban J connectivity index is -0.000000218. The van der Waals surface area contributed by atoms with E-state index in [0.717, 1.165) is 12.5 Å². The van der Waals surface area contributed by atoms with Crippen molar-refractivity contribution < 1.29 is 74.7 Å². The smallest absolute Gasteiger partial charge is 0.422 e. The molecule has 0 bridgehead atoms. The summed E-state index contributed by atoms with van der Waals surface area (Å²) in [6.45, 7) is 9.92. The molecule has 16 heteroatoms. The van der Waals surface area contributed by atoms with E-state index in [4.69, 9.17) is 10.2 Å². The van der Waals surface area contributed by atoms with Crippen LogP contribution in [0, 0.1) is 11.8 Å². The van der Waals surface area contributed by atoms with Crippen molar-refractivity contribution in [1.29, 1.82) is 0 Å². The molecule has 0 spiro atoms. The highest BCUT2D eigenvalue weighted by Crippen LogP contribution is 2.16. The third kappa shape index (κ3) is 37.0. The molecule has 0 aliphatic carbocycles. The number of carbonyl (C=O) groups excluding carboxylic acids is 4. The van der Waals surface area contributed by atoms with E-state index in [1.54, 1.807) is 13.8 Å². The van der Waals surface area contributed by atoms with Gasteiger partial charge in [0.1, 0.15) is 13.2 Å². The molecule has 0 aromatic rings. The van der Waals surface area contributed by atoms with E-state index < -0.39 is 49.4 Å². The molecule has 236 valence electrons. The summed E-state index contributed by atoms with van der Waals surface area (Å²) >= 11 is 0. The lowest BCUT2D eigenvalue weighted by atomic mass is 10.1. The third-order valence-corrected chi connectivity index (χ3v) is 3.79. The molecule has 0 amide bonds. The van der Waals surface area contributed by atoms with Crippen LogP contribution in [-0.2, 0) is 38.1 Å². The molecular formula is C24H38F6O10. The number of esters is 4. The highest BCUT2D eigenvalue weighted by atomic mass is 19.4. The minimum atomic E-state index is -4.46. The topological polar surface area (TPSA) is 146 Å². The van der Waals surface area contributed by atoms with Gasteiger partial charge in [-0.05, 0) is 12.8 Å². The SMILES string of the molecule is C=CC(=O)OCC(F)(F)F.C=CC(=O)OCCO.CCC(C)C(=O)OCC(F)(F)F.CCC(C)C(=O)OCCO. The number of alkyl halides is 6. The van der Waals surface area contributed by atoms with E-state index in [-0.39, 0.29) is 38.3 Å². The highest BCUT2D eigenvalue weighted by molar-refractivity contribution is 5.81. The van der Waals surface area contributed by atoms with Crippen LogP contribution >= 0.6 is 0 Å². The monoisotopic (exact) mass is 600 g/mol. The van der Waals surface area contributed by atoms with Crippen LogP contribution in [0.25, 0.3) is 0 Å². The van der Waals surface area contributed by atoms with Gasteiger partial charge in [-0.2, -0.15) is 26.3 Å². The Bertz CT molecular complexity index is 724. The van der Waals surface area contributed by atoms with Crippen LogP contribution in [-0.4, -0.2) is 86.1 Å². The summed E-state index contributed by atoms with van der Waals surface area (Å²) in [6.07, 6.45) is -5.90. The molecule has 10 nitrogen and oxygen atoms in total. The van der Waals surface area contributed by atoms with Crippen molar-refractivity contribution in [1.82, 2.24) is 0 Å². The normalized spacial score (nSPS) is 11.7. The second-order valence-corrected chi connectivity index (χ2v) is 7.25. The van der Waals surface area contributed by atoms with Crippen LogP contribution in [0.2, 0.25) is 0 Å². The molecule has 2 atom stereocenters. The lowest BCUT2D eigenvalue weighted by Gasteiger charge is -2.10. The Kier molecular flexibility index (Phi) is 28.6. The van der Waals surface area contributed by atoms with Gasteiger partial charge in [0.25, 0.3) is 0 Å². The number of hydrogen-bond donors (Lipinski definition) is 2. The van der Waals surface area contributed by atoms with Gasteiger partial charge >= 0.3 is 36.2 Å². The number of halogens is 6. The minimum absolute atomic E-state index is 0.0465. The molecule has 40 heavy (non-hydrogen) atoms. The van der Waals surface area contributed by atoms with Gasteiger partial charge in [0.2, 0.25) is 0 Å². The van der Waals surface area contributed by atoms with Crippen molar-refractivity contribution in [2.24, 2.45) is 11.8 Å². The van der Waals surface area contributed by atoms with E-state index in [1.165, 1.54) is 6.92 Å². The second-order valence-electron chi connectivity index (χ2n) is 7.25. The zero-order valence-corrected chi connectivity index (χ0v) is 22.8. The molecule has 0 rings (SSSR count). The summed E-state index contributed by atoms with van der Waals surface area (Å²) in [5.74, 6) is -3.11. The van der Waals surface area contributed by atoms with Gasteiger partial charge in [-0.15, -0.1) is 0 Å². The molecule has 0 aromatic heterocycles. The largest absolute Gasteiger partial charge is 0.463 e. The first-order chi connectivity index (χ1) is 18.3. The van der Waals surface area contributed by atoms with Gasteiger partial charge in [-0.25, -0.2) is 9.59 Å². The molecule has 0 radical (unpaired) electrons. The van der Waals surface area contributed by atoms with Crippen LogP contribution in [0.5, 0.6) is 0 Å². The highest BCUT2D eigenvalue weighted by Gasteiger charge is 2.30. The zero-order valence-electron chi connectivity index (χ0n) is 22.8. The lowest BCUT2D eigenvalue weighted by Crippen LogP contribution is -2.23. The molecule has 0 aliphatic rings. The molecule has 0 fully saturated rings. The standard InChI is InChI=1S/C7H11F3O2.C7H14O3.C5H5F3O2.C5H8O3/c1-3-5(2)6(11)12-4-7(8,9)10;1-3-6(2)7(9)10-5-4-8;1-2-4(9)10-3-5(6,7)8;1-2-5(7)8-4-3-6/h5H,3-4H2,1-2H3;6,8H,3-5H2,1-2H3;2H,1,3H2;2,6H,1,3-4H2. The van der Waals surface area contributed by atoms with Gasteiger partial charge in [-0.3, -0.25) is 9.59 Å². The predicted octanol–water partition coefficient (Wildman–Crippen LogP) is 3.69. The van der Waals surface area contributed by atoms with E-state index >= 15 is 0 Å². The van der Waals surface area contributed by atoms with Crippen molar-refractivity contribution in [2.45, 2.75) is 52.9 Å². The molecule has 0 saturated heterocycles. The molecule has 0 aromatic carbocycles. The van der Waals surface area contributed by atoms with Crippen LogP contribution < -0.4 is 0 Å². The van der Waals surface area contributed by atoms with Gasteiger partial charge in [0.15, 0.2) is 13.2 Å². The van der Waals surface area contributed by atoms with Crippen molar-refractivity contribution in [2.75, 3.05) is 39.6 Å². The lowest BCUT2D eigenvalue weighted by molar-refractivity contribution is -0.188. The maximum Gasteiger partial charge on any atom is 0.422 e. The first-order valence-corrected chi connectivity index (χ1v) is 11.6. The fourth-order valence-corrected chi connectivity index (χ4v) is 1.33. The Morgan fingerprint density at radius 3 is 1.32 bits per heavy atom. The summed E-state index contributed by atoms with van der Waals surface area (Å²) in [4.78, 5) is 41.6. The van der Waals surface area contributed by atoms with Crippen LogP contribution in [0.3, 0.4) is 0 Å². The number of ether oxygens (including phenoxy) is 4. The van der Waals surface area contributed by atoms with E-state index in [1.807, 2.05) is 6.92 Å². The van der Waals surface area contributed by atoms with Gasteiger partial charge in [0.05, 0.1) is 25.0 Å². The molecule has 0 aliphatic heterocycles. The van der Waals surface area contributed by atoms with Crippen molar-refractivity contribution in [3.63, 3.8) is 0 Å². The number of hydrogen-bond acceptors (Lipinski definition) is 10. The summed E-state index contributed by atoms with van der Waals surface area (Å²) in [5, 5.41) is 16.4. The average Bonchev–Trinajstić information content (AvgIpc) is 2.90. The Hall–Kier alpha value is -3.14. The minimum Gasteiger partial charge on any atom is -0.463 e. The quantitative estimate of drug-likeness (QED) is 0.147. The number of aliphatic hydroxyl groups excluding tert-OH is 2. The van der Waals surface area contributed by atoms with Crippen molar-refractivity contribution in [3.8, 4) is 0 Å². The summed E-state index contributed by atoms with van der Waals surface area (Å²) in [7, 11) is 0. The molecule has 0 saturated carbocycles. The van der Waals surface area contributed by atoms with E-state index in [0.29, 0.717) is 12.5 Å².